The molecule has 0 aliphatic rings. The van der Waals surface area contributed by atoms with Gasteiger partial charge in [-0.3, -0.25) is 0 Å². The standard InChI is InChI=1S/C5H12.C4H10.2C2H6.C2H4/c1-3-5-4-2;1-4(2)3;3*1-2/h3-5H2,1-2H3;4H,1-3H3;2*1-2H3;1-2H2. The molecule has 0 bridgehead atoms. The fourth-order valence-corrected chi connectivity index (χ4v) is 0.354. The molecule has 0 aliphatic heterocycles. The number of rotatable bonds is 2. The van der Waals surface area contributed by atoms with Gasteiger partial charge >= 0.3 is 0 Å². The molecule has 0 saturated heterocycles. The van der Waals surface area contributed by atoms with Crippen LogP contribution in [0.25, 0.3) is 0 Å². The lowest BCUT2D eigenvalue weighted by Crippen LogP contribution is -1.66. The third-order valence-corrected chi connectivity index (χ3v) is 0.707. The number of hydrogen-bond donors (Lipinski definition) is 0. The molecule has 0 aliphatic carbocycles. The van der Waals surface area contributed by atoms with Gasteiger partial charge in [0.15, 0.2) is 0 Å². The maximum absolute atomic E-state index is 3.00. The van der Waals surface area contributed by atoms with E-state index in [2.05, 4.69) is 47.8 Å². The Morgan fingerprint density at radius 3 is 0.867 bits per heavy atom. The van der Waals surface area contributed by atoms with Crippen molar-refractivity contribution in [1.82, 2.24) is 0 Å². The van der Waals surface area contributed by atoms with Crippen molar-refractivity contribution >= 4 is 0 Å². The summed E-state index contributed by atoms with van der Waals surface area (Å²) >= 11 is 0. The largest absolute Gasteiger partial charge is 0.106 e. The highest BCUT2D eigenvalue weighted by atomic mass is 13.7. The molecule has 0 amide bonds. The minimum absolute atomic E-state index is 0.833. The quantitative estimate of drug-likeness (QED) is 0.452. The maximum Gasteiger partial charge on any atom is -0.0500 e. The summed E-state index contributed by atoms with van der Waals surface area (Å²) < 4.78 is 0. The van der Waals surface area contributed by atoms with Crippen LogP contribution in [0.15, 0.2) is 13.2 Å². The maximum atomic E-state index is 3.00. The normalized spacial score (nSPS) is 6.27. The fourth-order valence-electron chi connectivity index (χ4n) is 0.354. The van der Waals surface area contributed by atoms with Gasteiger partial charge in [-0.1, -0.05) is 81.6 Å². The average molecular weight is 218 g/mol. The summed E-state index contributed by atoms with van der Waals surface area (Å²) in [6, 6.07) is 0. The highest BCUT2D eigenvalue weighted by Gasteiger charge is 1.68. The molecule has 0 aromatic heterocycles. The fraction of sp³-hybridized carbons (Fsp3) is 0.867. The van der Waals surface area contributed by atoms with Crippen LogP contribution in [0.4, 0.5) is 0 Å². The van der Waals surface area contributed by atoms with Gasteiger partial charge in [0.1, 0.15) is 0 Å². The van der Waals surface area contributed by atoms with Crippen LogP contribution in [-0.4, -0.2) is 0 Å². The minimum Gasteiger partial charge on any atom is -0.106 e. The molecule has 0 unspecified atom stereocenters. The van der Waals surface area contributed by atoms with Crippen LogP contribution in [0.1, 0.15) is 81.6 Å². The van der Waals surface area contributed by atoms with Crippen LogP contribution in [0.3, 0.4) is 0 Å². The second kappa shape index (κ2) is 67.7. The third kappa shape index (κ3) is 625. The van der Waals surface area contributed by atoms with E-state index in [1.807, 2.05) is 27.7 Å². The number of hydrogen-bond acceptors (Lipinski definition) is 0. The summed E-state index contributed by atoms with van der Waals surface area (Å²) in [7, 11) is 0. The molecule has 0 N–H and O–H groups in total. The highest BCUT2D eigenvalue weighted by molar-refractivity contribution is 4.24. The van der Waals surface area contributed by atoms with Crippen molar-refractivity contribution in [2.75, 3.05) is 0 Å². The molecule has 0 saturated carbocycles. The van der Waals surface area contributed by atoms with E-state index in [4.69, 9.17) is 0 Å². The lowest BCUT2D eigenvalue weighted by molar-refractivity contribution is 0.737. The van der Waals surface area contributed by atoms with E-state index in [1.165, 1.54) is 19.3 Å². The van der Waals surface area contributed by atoms with Crippen LogP contribution in [-0.2, 0) is 0 Å². The summed E-state index contributed by atoms with van der Waals surface area (Å²) in [5.41, 5.74) is 0. The van der Waals surface area contributed by atoms with Crippen molar-refractivity contribution in [1.29, 1.82) is 0 Å². The molecule has 0 nitrogen and oxygen atoms in total. The SMILES string of the molecule is C=C.CC.CC.CC(C)C.CCCCC. The second-order valence-corrected chi connectivity index (χ2v) is 3.09. The molecule has 0 atom stereocenters. The van der Waals surface area contributed by atoms with Crippen molar-refractivity contribution in [3.05, 3.63) is 13.2 Å². The van der Waals surface area contributed by atoms with E-state index in [-0.39, 0.29) is 0 Å². The van der Waals surface area contributed by atoms with Crippen LogP contribution in [0.2, 0.25) is 0 Å². The zero-order chi connectivity index (χ0) is 13.7. The minimum atomic E-state index is 0.833. The summed E-state index contributed by atoms with van der Waals surface area (Å²) in [6.07, 6.45) is 4.08. The van der Waals surface area contributed by atoms with E-state index in [0.29, 0.717) is 0 Å². The molecule has 0 aromatic rings. The molecule has 0 radical (unpaired) electrons. The Labute approximate surface area is 101 Å². The molecular weight excluding hydrogens is 180 g/mol. The van der Waals surface area contributed by atoms with Gasteiger partial charge in [-0.05, 0) is 5.92 Å². The van der Waals surface area contributed by atoms with Crippen LogP contribution < -0.4 is 0 Å². The van der Waals surface area contributed by atoms with Gasteiger partial charge in [0, 0.05) is 0 Å². The predicted octanol–water partition coefficient (Wildman–Crippen LogP) is 6.71. The van der Waals surface area contributed by atoms with Crippen LogP contribution >= 0.6 is 0 Å². The zero-order valence-electron chi connectivity index (χ0n) is 13.1. The van der Waals surface area contributed by atoms with Gasteiger partial charge < -0.3 is 0 Å². The Balaban J connectivity index is -0.0000000301. The molecule has 0 heteroatoms. The average Bonchev–Trinajstić information content (AvgIpc) is 2.27. The van der Waals surface area contributed by atoms with Crippen LogP contribution in [0, 0.1) is 5.92 Å². The van der Waals surface area contributed by atoms with Gasteiger partial charge in [-0.2, -0.15) is 0 Å². The first-order valence-corrected chi connectivity index (χ1v) is 6.65. The van der Waals surface area contributed by atoms with E-state index in [1.54, 1.807) is 0 Å². The van der Waals surface area contributed by atoms with E-state index in [9.17, 15) is 0 Å². The molecule has 0 spiro atoms. The molecule has 98 valence electrons. The van der Waals surface area contributed by atoms with Gasteiger partial charge in [0.2, 0.25) is 0 Å². The Kier molecular flexibility index (Phi) is 132. The van der Waals surface area contributed by atoms with Gasteiger partial charge in [-0.15, -0.1) is 13.2 Å². The number of unbranched alkanes of at least 4 members (excludes halogenated alkanes) is 2. The van der Waals surface area contributed by atoms with Crippen molar-refractivity contribution in [2.45, 2.75) is 81.6 Å². The van der Waals surface area contributed by atoms with E-state index >= 15 is 0 Å². The highest BCUT2D eigenvalue weighted by Crippen LogP contribution is 1.88. The smallest absolute Gasteiger partial charge is 0.0500 e. The Morgan fingerprint density at radius 2 is 0.867 bits per heavy atom. The molecule has 0 aromatic carbocycles. The van der Waals surface area contributed by atoms with Gasteiger partial charge in [0.25, 0.3) is 0 Å². The van der Waals surface area contributed by atoms with Gasteiger partial charge in [-0.25, -0.2) is 0 Å². The Bertz CT molecular complexity index is 32.5. The van der Waals surface area contributed by atoms with E-state index in [0.717, 1.165) is 5.92 Å². The van der Waals surface area contributed by atoms with Crippen molar-refractivity contribution < 1.29 is 0 Å². The zero-order valence-corrected chi connectivity index (χ0v) is 13.1. The topological polar surface area (TPSA) is 0 Å². The summed E-state index contributed by atoms with van der Waals surface area (Å²) in [4.78, 5) is 0. The van der Waals surface area contributed by atoms with Crippen LogP contribution in [0.5, 0.6) is 0 Å². The Morgan fingerprint density at radius 1 is 0.733 bits per heavy atom. The summed E-state index contributed by atoms with van der Waals surface area (Å²) in [5, 5.41) is 0. The van der Waals surface area contributed by atoms with E-state index < -0.39 is 0 Å². The molecule has 0 heterocycles. The van der Waals surface area contributed by atoms with Gasteiger partial charge in [0.05, 0.1) is 0 Å². The molecular formula is C15H38. The van der Waals surface area contributed by atoms with Crippen molar-refractivity contribution in [3.8, 4) is 0 Å². The van der Waals surface area contributed by atoms with Crippen molar-refractivity contribution in [3.63, 3.8) is 0 Å². The predicted molar refractivity (Wildman–Crippen MR) is 79.7 cm³/mol. The lowest BCUT2D eigenvalue weighted by Gasteiger charge is -1.79. The Hall–Kier alpha value is -0.260. The molecule has 0 fully saturated rings. The van der Waals surface area contributed by atoms with Crippen molar-refractivity contribution in [2.24, 2.45) is 5.92 Å². The summed E-state index contributed by atoms with van der Waals surface area (Å²) in [6.45, 7) is 24.9. The first-order valence-electron chi connectivity index (χ1n) is 6.65. The monoisotopic (exact) mass is 218 g/mol. The molecule has 0 rings (SSSR count). The molecule has 15 heavy (non-hydrogen) atoms. The summed E-state index contributed by atoms with van der Waals surface area (Å²) in [5.74, 6) is 0.833. The second-order valence-electron chi connectivity index (χ2n) is 3.09. The first-order chi connectivity index (χ1) is 7.15. The third-order valence-electron chi connectivity index (χ3n) is 0.707. The lowest BCUT2D eigenvalue weighted by atomic mass is 10.3. The first kappa shape index (κ1) is 29.3.